The molecular formula is C17H28N2O4. The van der Waals surface area contributed by atoms with Gasteiger partial charge in [0, 0.05) is 12.1 Å². The molecule has 1 aromatic rings. The van der Waals surface area contributed by atoms with Crippen molar-refractivity contribution in [2.24, 2.45) is 0 Å². The summed E-state index contributed by atoms with van der Waals surface area (Å²) in [6, 6.07) is 1.40. The summed E-state index contributed by atoms with van der Waals surface area (Å²) < 4.78 is 5.50. The number of aromatic hydroxyl groups is 2. The van der Waals surface area contributed by atoms with Crippen molar-refractivity contribution in [3.63, 3.8) is 0 Å². The highest BCUT2D eigenvalue weighted by molar-refractivity contribution is 5.68. The van der Waals surface area contributed by atoms with Crippen molar-refractivity contribution in [2.45, 2.75) is 72.1 Å². The van der Waals surface area contributed by atoms with Gasteiger partial charge < -0.3 is 14.9 Å². The summed E-state index contributed by atoms with van der Waals surface area (Å²) in [6.45, 7) is 9.80. The van der Waals surface area contributed by atoms with Crippen LogP contribution in [0.5, 0.6) is 11.5 Å². The monoisotopic (exact) mass is 324 g/mol. The first-order chi connectivity index (χ1) is 10.7. The van der Waals surface area contributed by atoms with Gasteiger partial charge in [0.1, 0.15) is 5.60 Å². The number of carbonyl (C=O) groups is 1. The summed E-state index contributed by atoms with van der Waals surface area (Å²) in [5, 5.41) is 19.0. The molecule has 1 aromatic heterocycles. The molecule has 0 aromatic carbocycles. The van der Waals surface area contributed by atoms with Crippen molar-refractivity contribution in [3.05, 3.63) is 18.0 Å². The lowest BCUT2D eigenvalue weighted by molar-refractivity contribution is 0.0121. The summed E-state index contributed by atoms with van der Waals surface area (Å²) in [5.41, 5.74) is -0.0783. The van der Waals surface area contributed by atoms with Crippen LogP contribution >= 0.6 is 0 Å². The van der Waals surface area contributed by atoms with Crippen LogP contribution in [-0.2, 0) is 11.3 Å². The van der Waals surface area contributed by atoms with Gasteiger partial charge in [-0.25, -0.2) is 4.79 Å². The zero-order valence-electron chi connectivity index (χ0n) is 14.7. The topological polar surface area (TPSA) is 82.9 Å². The predicted molar refractivity (Wildman–Crippen MR) is 88.3 cm³/mol. The number of hydrogen-bond acceptors (Lipinski definition) is 5. The Labute approximate surface area is 138 Å². The summed E-state index contributed by atoms with van der Waals surface area (Å²) in [5.74, 6) is -0.527. The second-order valence-corrected chi connectivity index (χ2v) is 6.62. The van der Waals surface area contributed by atoms with Crippen molar-refractivity contribution in [3.8, 4) is 11.5 Å². The van der Waals surface area contributed by atoms with Crippen LogP contribution in [0.2, 0.25) is 0 Å². The van der Waals surface area contributed by atoms with Gasteiger partial charge in [0.25, 0.3) is 0 Å². The molecule has 0 aliphatic rings. The molecule has 130 valence electrons. The molecule has 0 aliphatic heterocycles. The molecule has 2 N–H and O–H groups in total. The van der Waals surface area contributed by atoms with Crippen LogP contribution in [0, 0.1) is 0 Å². The van der Waals surface area contributed by atoms with Crippen LogP contribution in [0.1, 0.15) is 59.6 Å². The minimum atomic E-state index is -0.579. The van der Waals surface area contributed by atoms with Crippen molar-refractivity contribution < 1.29 is 19.7 Å². The molecular weight excluding hydrogens is 296 g/mol. The van der Waals surface area contributed by atoms with E-state index in [4.69, 9.17) is 4.74 Å². The molecule has 0 spiro atoms. The van der Waals surface area contributed by atoms with Gasteiger partial charge in [-0.2, -0.15) is 0 Å². The van der Waals surface area contributed by atoms with E-state index in [1.54, 1.807) is 4.90 Å². The lowest BCUT2D eigenvalue weighted by Gasteiger charge is -2.33. The number of hydrogen-bond donors (Lipinski definition) is 2. The highest BCUT2D eigenvalue weighted by atomic mass is 16.6. The van der Waals surface area contributed by atoms with E-state index < -0.39 is 11.7 Å². The third kappa shape index (κ3) is 5.96. The van der Waals surface area contributed by atoms with Crippen LogP contribution < -0.4 is 0 Å². The fraction of sp³-hybridized carbons (Fsp3) is 0.647. The Morgan fingerprint density at radius 3 is 2.43 bits per heavy atom. The van der Waals surface area contributed by atoms with E-state index in [0.717, 1.165) is 19.3 Å². The van der Waals surface area contributed by atoms with E-state index in [9.17, 15) is 15.0 Å². The van der Waals surface area contributed by atoms with Gasteiger partial charge in [0.05, 0.1) is 18.4 Å². The van der Waals surface area contributed by atoms with E-state index >= 15 is 0 Å². The lowest BCUT2D eigenvalue weighted by atomic mass is 10.1. The van der Waals surface area contributed by atoms with Crippen molar-refractivity contribution in [1.29, 1.82) is 0 Å². The summed E-state index contributed by atoms with van der Waals surface area (Å²) in [7, 11) is 0. The Hall–Kier alpha value is -1.98. The third-order valence-corrected chi connectivity index (χ3v) is 3.41. The van der Waals surface area contributed by atoms with Crippen LogP contribution in [0.3, 0.4) is 0 Å². The molecule has 0 saturated carbocycles. The zero-order valence-corrected chi connectivity index (χ0v) is 14.7. The molecule has 1 rings (SSSR count). The van der Waals surface area contributed by atoms with Crippen LogP contribution in [0.15, 0.2) is 12.3 Å². The molecule has 0 bridgehead atoms. The largest absolute Gasteiger partial charge is 0.504 e. The highest BCUT2D eigenvalue weighted by Crippen LogP contribution is 2.25. The molecule has 0 fully saturated rings. The second kappa shape index (κ2) is 8.04. The van der Waals surface area contributed by atoms with Gasteiger partial charge in [0.15, 0.2) is 11.5 Å². The minimum absolute atomic E-state index is 0.0348. The van der Waals surface area contributed by atoms with Crippen LogP contribution in [-0.4, -0.2) is 37.8 Å². The molecule has 1 unspecified atom stereocenters. The van der Waals surface area contributed by atoms with E-state index in [1.807, 2.05) is 27.7 Å². The highest BCUT2D eigenvalue weighted by Gasteiger charge is 2.27. The Morgan fingerprint density at radius 1 is 1.30 bits per heavy atom. The molecule has 23 heavy (non-hydrogen) atoms. The predicted octanol–water partition coefficient (Wildman–Crippen LogP) is 3.81. The molecule has 0 aliphatic carbocycles. The van der Waals surface area contributed by atoms with Gasteiger partial charge in [-0.3, -0.25) is 9.88 Å². The van der Waals surface area contributed by atoms with Gasteiger partial charge in [0.2, 0.25) is 0 Å². The fourth-order valence-electron chi connectivity index (χ4n) is 2.32. The van der Waals surface area contributed by atoms with Gasteiger partial charge >= 0.3 is 6.09 Å². The number of ether oxygens (including phenoxy) is 1. The molecule has 6 heteroatoms. The zero-order chi connectivity index (χ0) is 17.6. The maximum atomic E-state index is 12.6. The average Bonchev–Trinajstić information content (AvgIpc) is 2.44. The molecule has 0 saturated heterocycles. The average molecular weight is 324 g/mol. The number of pyridine rings is 1. The van der Waals surface area contributed by atoms with Crippen molar-refractivity contribution in [1.82, 2.24) is 9.88 Å². The van der Waals surface area contributed by atoms with E-state index in [0.29, 0.717) is 5.69 Å². The Morgan fingerprint density at radius 2 is 1.96 bits per heavy atom. The first-order valence-electron chi connectivity index (χ1n) is 8.04. The normalized spacial score (nSPS) is 12.7. The van der Waals surface area contributed by atoms with Crippen molar-refractivity contribution >= 4 is 6.09 Å². The fourth-order valence-corrected chi connectivity index (χ4v) is 2.32. The Kier molecular flexibility index (Phi) is 6.66. The molecule has 1 amide bonds. The van der Waals surface area contributed by atoms with E-state index in [2.05, 4.69) is 11.9 Å². The first-order valence-corrected chi connectivity index (χ1v) is 8.04. The number of carbonyl (C=O) groups excluding carboxylic acids is 1. The van der Waals surface area contributed by atoms with Gasteiger partial charge in [-0.15, -0.1) is 0 Å². The summed E-state index contributed by atoms with van der Waals surface area (Å²) >= 11 is 0. The SMILES string of the molecule is CCCC(CC)N(Cc1cc(O)c(O)cn1)C(=O)OC(C)(C)C. The van der Waals surface area contributed by atoms with Gasteiger partial charge in [-0.1, -0.05) is 20.3 Å². The van der Waals surface area contributed by atoms with Crippen molar-refractivity contribution in [2.75, 3.05) is 0 Å². The Balaban J connectivity index is 3.02. The lowest BCUT2D eigenvalue weighted by Crippen LogP contribution is -2.42. The maximum Gasteiger partial charge on any atom is 0.410 e. The maximum absolute atomic E-state index is 12.6. The number of amides is 1. The molecule has 1 atom stereocenters. The molecule has 6 nitrogen and oxygen atoms in total. The first kappa shape index (κ1) is 19.1. The minimum Gasteiger partial charge on any atom is -0.504 e. The van der Waals surface area contributed by atoms with Crippen LogP contribution in [0.25, 0.3) is 0 Å². The number of aromatic nitrogens is 1. The Bertz CT molecular complexity index is 526. The standard InChI is InChI=1S/C17H28N2O4/c1-6-8-13(7-2)19(16(22)23-17(3,4)5)11-12-9-14(20)15(21)10-18-12/h9-10,13,21H,6-8,11H2,1-5H3,(H,18,20). The number of nitrogens with zero attached hydrogens (tertiary/aromatic N) is 2. The van der Waals surface area contributed by atoms with Crippen LogP contribution in [0.4, 0.5) is 4.79 Å². The molecule has 1 heterocycles. The van der Waals surface area contributed by atoms with E-state index in [-0.39, 0.29) is 24.1 Å². The number of rotatable bonds is 6. The van der Waals surface area contributed by atoms with E-state index in [1.165, 1.54) is 12.3 Å². The van der Waals surface area contributed by atoms with Gasteiger partial charge in [-0.05, 0) is 33.6 Å². The summed E-state index contributed by atoms with van der Waals surface area (Å²) in [6.07, 6.45) is 3.40. The quantitative estimate of drug-likeness (QED) is 0.831. The third-order valence-electron chi connectivity index (χ3n) is 3.41. The molecule has 0 radical (unpaired) electrons. The summed E-state index contributed by atoms with van der Waals surface area (Å²) in [4.78, 5) is 18.3. The smallest absolute Gasteiger partial charge is 0.410 e. The second-order valence-electron chi connectivity index (χ2n) is 6.62.